The van der Waals surface area contributed by atoms with Gasteiger partial charge in [0.2, 0.25) is 5.91 Å². The summed E-state index contributed by atoms with van der Waals surface area (Å²) < 4.78 is 0. The number of hydrogen-bond acceptors (Lipinski definition) is 2. The smallest absolute Gasteiger partial charge is 0.231 e. The second-order valence-corrected chi connectivity index (χ2v) is 6.10. The van der Waals surface area contributed by atoms with Crippen LogP contribution in [-0.4, -0.2) is 11.4 Å². The zero-order valence-electron chi connectivity index (χ0n) is 12.2. The van der Waals surface area contributed by atoms with E-state index in [-0.39, 0.29) is 5.91 Å². The minimum atomic E-state index is -0.633. The third-order valence-corrected chi connectivity index (χ3v) is 3.94. The molecule has 0 fully saturated rings. The molecule has 18 heavy (non-hydrogen) atoms. The molecule has 0 saturated heterocycles. The number of carbonyl (C=O) groups excluding carboxylic acids is 1. The van der Waals surface area contributed by atoms with Crippen LogP contribution in [0.2, 0.25) is 0 Å². The molecule has 3 N–H and O–H groups in total. The molecule has 100 valence electrons. The lowest BCUT2D eigenvalue weighted by molar-refractivity contribution is -0.126. The standard InChI is InChI=1S/C15H24N2O/c1-10-7-8-12(9-11(10)2)17-13(18)14(3,4)15(5,6)16/h7-9H,16H2,1-6H3,(H,17,18). The van der Waals surface area contributed by atoms with Crippen LogP contribution in [-0.2, 0) is 4.79 Å². The summed E-state index contributed by atoms with van der Waals surface area (Å²) in [5.41, 5.74) is 8.05. The van der Waals surface area contributed by atoms with E-state index in [0.29, 0.717) is 0 Å². The Morgan fingerprint density at radius 3 is 2.11 bits per heavy atom. The Kier molecular flexibility index (Phi) is 3.86. The van der Waals surface area contributed by atoms with Gasteiger partial charge in [-0.25, -0.2) is 0 Å². The number of nitrogens with two attached hydrogens (primary N) is 1. The highest BCUT2D eigenvalue weighted by Gasteiger charge is 2.40. The second-order valence-electron chi connectivity index (χ2n) is 6.10. The van der Waals surface area contributed by atoms with E-state index in [2.05, 4.69) is 5.32 Å². The summed E-state index contributed by atoms with van der Waals surface area (Å²) in [7, 11) is 0. The van der Waals surface area contributed by atoms with Crippen LogP contribution in [0.25, 0.3) is 0 Å². The molecule has 0 saturated carbocycles. The number of nitrogens with one attached hydrogen (secondary N) is 1. The average Bonchev–Trinajstić information content (AvgIpc) is 2.21. The molecule has 0 unspecified atom stereocenters. The number of carbonyl (C=O) groups is 1. The summed E-state index contributed by atoms with van der Waals surface area (Å²) in [6.45, 7) is 11.5. The van der Waals surface area contributed by atoms with E-state index in [1.54, 1.807) is 0 Å². The third kappa shape index (κ3) is 2.91. The van der Waals surface area contributed by atoms with E-state index in [1.807, 2.05) is 59.7 Å². The van der Waals surface area contributed by atoms with E-state index >= 15 is 0 Å². The SMILES string of the molecule is Cc1ccc(NC(=O)C(C)(C)C(C)(C)N)cc1C. The Balaban J connectivity index is 2.91. The summed E-state index contributed by atoms with van der Waals surface area (Å²) in [6, 6.07) is 5.90. The molecule has 0 aromatic heterocycles. The van der Waals surface area contributed by atoms with Crippen LogP contribution in [0.5, 0.6) is 0 Å². The van der Waals surface area contributed by atoms with Crippen molar-refractivity contribution < 1.29 is 4.79 Å². The zero-order chi connectivity index (χ0) is 14.1. The number of anilines is 1. The van der Waals surface area contributed by atoms with Crippen LogP contribution in [0.1, 0.15) is 38.8 Å². The molecule has 3 nitrogen and oxygen atoms in total. The van der Waals surface area contributed by atoms with Crippen LogP contribution in [0.4, 0.5) is 5.69 Å². The van der Waals surface area contributed by atoms with Crippen molar-refractivity contribution in [3.05, 3.63) is 29.3 Å². The second kappa shape index (κ2) is 4.73. The van der Waals surface area contributed by atoms with Gasteiger partial charge in [-0.2, -0.15) is 0 Å². The summed E-state index contributed by atoms with van der Waals surface area (Å²) in [6.07, 6.45) is 0. The van der Waals surface area contributed by atoms with Crippen LogP contribution in [0.3, 0.4) is 0 Å². The van der Waals surface area contributed by atoms with Crippen molar-refractivity contribution in [3.63, 3.8) is 0 Å². The van der Waals surface area contributed by atoms with Crippen molar-refractivity contribution in [1.29, 1.82) is 0 Å². The number of amides is 1. The minimum Gasteiger partial charge on any atom is -0.326 e. The number of hydrogen-bond donors (Lipinski definition) is 2. The van der Waals surface area contributed by atoms with Gasteiger partial charge >= 0.3 is 0 Å². The van der Waals surface area contributed by atoms with E-state index in [1.165, 1.54) is 5.56 Å². The van der Waals surface area contributed by atoms with E-state index < -0.39 is 11.0 Å². The molecule has 1 amide bonds. The van der Waals surface area contributed by atoms with Crippen molar-refractivity contribution in [2.45, 2.75) is 47.1 Å². The molecule has 1 aromatic carbocycles. The van der Waals surface area contributed by atoms with Gasteiger partial charge in [-0.15, -0.1) is 0 Å². The van der Waals surface area contributed by atoms with E-state index in [4.69, 9.17) is 5.73 Å². The van der Waals surface area contributed by atoms with Crippen molar-refractivity contribution in [1.82, 2.24) is 0 Å². The lowest BCUT2D eigenvalue weighted by Crippen LogP contribution is -2.53. The number of rotatable bonds is 3. The summed E-state index contributed by atoms with van der Waals surface area (Å²) in [4.78, 5) is 12.3. The Morgan fingerprint density at radius 2 is 1.67 bits per heavy atom. The molecule has 0 radical (unpaired) electrons. The summed E-state index contributed by atoms with van der Waals surface area (Å²) >= 11 is 0. The highest BCUT2D eigenvalue weighted by atomic mass is 16.2. The van der Waals surface area contributed by atoms with E-state index in [9.17, 15) is 4.79 Å². The van der Waals surface area contributed by atoms with Gasteiger partial charge in [0.1, 0.15) is 0 Å². The van der Waals surface area contributed by atoms with Crippen molar-refractivity contribution >= 4 is 11.6 Å². The van der Waals surface area contributed by atoms with Crippen molar-refractivity contribution in [2.24, 2.45) is 11.1 Å². The van der Waals surface area contributed by atoms with Gasteiger partial charge in [0, 0.05) is 11.2 Å². The molecule has 1 aromatic rings. The first-order valence-electron chi connectivity index (χ1n) is 6.23. The highest BCUT2D eigenvalue weighted by Crippen LogP contribution is 2.30. The van der Waals surface area contributed by atoms with Gasteiger partial charge in [0.25, 0.3) is 0 Å². The first-order chi connectivity index (χ1) is 8.05. The largest absolute Gasteiger partial charge is 0.326 e. The topological polar surface area (TPSA) is 55.1 Å². The summed E-state index contributed by atoms with van der Waals surface area (Å²) in [5, 5.41) is 2.94. The predicted octanol–water partition coefficient (Wildman–Crippen LogP) is 3.01. The fourth-order valence-electron chi connectivity index (χ4n) is 1.40. The van der Waals surface area contributed by atoms with Crippen molar-refractivity contribution in [3.8, 4) is 0 Å². The Labute approximate surface area is 110 Å². The quantitative estimate of drug-likeness (QED) is 0.864. The zero-order valence-corrected chi connectivity index (χ0v) is 12.2. The third-order valence-electron chi connectivity index (χ3n) is 3.94. The average molecular weight is 248 g/mol. The van der Waals surface area contributed by atoms with E-state index in [0.717, 1.165) is 11.3 Å². The maximum Gasteiger partial charge on any atom is 0.231 e. The Hall–Kier alpha value is -1.35. The normalized spacial score (nSPS) is 12.4. The monoisotopic (exact) mass is 248 g/mol. The van der Waals surface area contributed by atoms with Gasteiger partial charge in [-0.3, -0.25) is 4.79 Å². The fraction of sp³-hybridized carbons (Fsp3) is 0.533. The lowest BCUT2D eigenvalue weighted by atomic mass is 9.74. The maximum atomic E-state index is 12.3. The van der Waals surface area contributed by atoms with Crippen LogP contribution < -0.4 is 11.1 Å². The van der Waals surface area contributed by atoms with Gasteiger partial charge in [0.15, 0.2) is 0 Å². The van der Waals surface area contributed by atoms with Crippen LogP contribution >= 0.6 is 0 Å². The van der Waals surface area contributed by atoms with Crippen LogP contribution in [0, 0.1) is 19.3 Å². The van der Waals surface area contributed by atoms with Gasteiger partial charge < -0.3 is 11.1 Å². The first kappa shape index (κ1) is 14.7. The molecule has 0 atom stereocenters. The van der Waals surface area contributed by atoms with Crippen molar-refractivity contribution in [2.75, 3.05) is 5.32 Å². The maximum absolute atomic E-state index is 12.3. The molecule has 0 aliphatic heterocycles. The summed E-state index contributed by atoms with van der Waals surface area (Å²) in [5.74, 6) is -0.0572. The molecule has 0 bridgehead atoms. The fourth-order valence-corrected chi connectivity index (χ4v) is 1.40. The number of benzene rings is 1. The molecule has 3 heteroatoms. The number of aryl methyl sites for hydroxylation is 2. The predicted molar refractivity (Wildman–Crippen MR) is 76.6 cm³/mol. The van der Waals surface area contributed by atoms with Gasteiger partial charge in [-0.05, 0) is 64.8 Å². The molecular weight excluding hydrogens is 224 g/mol. The molecule has 0 heterocycles. The first-order valence-corrected chi connectivity index (χ1v) is 6.23. The molecule has 0 aliphatic rings. The van der Waals surface area contributed by atoms with Gasteiger partial charge in [-0.1, -0.05) is 6.07 Å². The Morgan fingerprint density at radius 1 is 1.11 bits per heavy atom. The molecular formula is C15H24N2O. The minimum absolute atomic E-state index is 0.0572. The van der Waals surface area contributed by atoms with Crippen LogP contribution in [0.15, 0.2) is 18.2 Å². The van der Waals surface area contributed by atoms with Gasteiger partial charge in [0.05, 0.1) is 5.41 Å². The Bertz CT molecular complexity index is 456. The molecule has 1 rings (SSSR count). The lowest BCUT2D eigenvalue weighted by Gasteiger charge is -2.36. The molecule has 0 spiro atoms. The molecule has 0 aliphatic carbocycles. The highest BCUT2D eigenvalue weighted by molar-refractivity contribution is 5.95.